The molecule has 0 fully saturated rings. The van der Waals surface area contributed by atoms with E-state index in [2.05, 4.69) is 4.98 Å². The molecule has 0 saturated carbocycles. The van der Waals surface area contributed by atoms with E-state index in [1.165, 1.54) is 6.07 Å². The number of carbonyl (C=O) groups is 1. The van der Waals surface area contributed by atoms with E-state index in [-0.39, 0.29) is 11.1 Å². The third kappa shape index (κ3) is 2.60. The summed E-state index contributed by atoms with van der Waals surface area (Å²) in [5.41, 5.74) is 1.24. The van der Waals surface area contributed by atoms with Gasteiger partial charge in [-0.1, -0.05) is 23.2 Å². The number of aryl methyl sites for hydroxylation is 1. The van der Waals surface area contributed by atoms with Crippen LogP contribution in [0.25, 0.3) is 11.3 Å². The molecule has 1 aromatic carbocycles. The fourth-order valence-corrected chi connectivity index (χ4v) is 2.32. The molecule has 100 valence electrons. The lowest BCUT2D eigenvalue weighted by Crippen LogP contribution is -2.05. The molecule has 0 unspecified atom stereocenters. The fourth-order valence-electron chi connectivity index (χ4n) is 1.82. The van der Waals surface area contributed by atoms with Crippen molar-refractivity contribution in [1.82, 2.24) is 4.98 Å². The smallest absolute Gasteiger partial charge is 0.337 e. The summed E-state index contributed by atoms with van der Waals surface area (Å²) in [5, 5.41) is 19.0. The van der Waals surface area contributed by atoms with E-state index >= 15 is 0 Å². The quantitative estimate of drug-likeness (QED) is 0.912. The summed E-state index contributed by atoms with van der Waals surface area (Å²) < 4.78 is 0. The number of nitriles is 1. The van der Waals surface area contributed by atoms with Gasteiger partial charge < -0.3 is 5.11 Å². The molecule has 0 radical (unpaired) electrons. The average molecular weight is 307 g/mol. The Morgan fingerprint density at radius 2 is 2.05 bits per heavy atom. The molecule has 0 amide bonds. The number of nitrogens with zero attached hydrogens (tertiary/aromatic N) is 2. The predicted octanol–water partition coefficient (Wildman–Crippen LogP) is 3.93. The second-order valence-electron chi connectivity index (χ2n) is 4.06. The Bertz CT molecular complexity index is 752. The summed E-state index contributed by atoms with van der Waals surface area (Å²) >= 11 is 11.9. The lowest BCUT2D eigenvalue weighted by atomic mass is 10.0. The van der Waals surface area contributed by atoms with E-state index in [0.717, 1.165) is 0 Å². The molecule has 2 rings (SSSR count). The molecule has 4 nitrogen and oxygen atoms in total. The van der Waals surface area contributed by atoms with E-state index < -0.39 is 5.97 Å². The van der Waals surface area contributed by atoms with Crippen molar-refractivity contribution in [3.05, 3.63) is 51.1 Å². The van der Waals surface area contributed by atoms with Gasteiger partial charge in [0.2, 0.25) is 0 Å². The molecular weight excluding hydrogens is 299 g/mol. The maximum absolute atomic E-state index is 11.2. The van der Waals surface area contributed by atoms with Crippen LogP contribution in [0.15, 0.2) is 24.3 Å². The molecule has 0 aliphatic heterocycles. The van der Waals surface area contributed by atoms with Crippen LogP contribution in [0.4, 0.5) is 0 Å². The summed E-state index contributed by atoms with van der Waals surface area (Å²) in [5.74, 6) is -1.18. The van der Waals surface area contributed by atoms with Gasteiger partial charge in [-0.05, 0) is 31.2 Å². The molecule has 1 heterocycles. The third-order valence-electron chi connectivity index (χ3n) is 2.75. The highest BCUT2D eigenvalue weighted by Gasteiger charge is 2.17. The molecule has 0 aliphatic rings. The van der Waals surface area contributed by atoms with Gasteiger partial charge in [-0.2, -0.15) is 5.26 Å². The highest BCUT2D eigenvalue weighted by atomic mass is 35.5. The summed E-state index contributed by atoms with van der Waals surface area (Å²) in [6, 6.07) is 8.03. The molecule has 1 aromatic heterocycles. The number of pyridine rings is 1. The van der Waals surface area contributed by atoms with Crippen molar-refractivity contribution < 1.29 is 9.90 Å². The van der Waals surface area contributed by atoms with E-state index in [0.29, 0.717) is 27.0 Å². The van der Waals surface area contributed by atoms with Crippen LogP contribution in [0.2, 0.25) is 10.0 Å². The first-order chi connectivity index (χ1) is 9.43. The van der Waals surface area contributed by atoms with Crippen LogP contribution < -0.4 is 0 Å². The molecule has 1 N–H and O–H groups in total. The maximum atomic E-state index is 11.2. The highest BCUT2D eigenvalue weighted by molar-refractivity contribution is 6.36. The van der Waals surface area contributed by atoms with Crippen molar-refractivity contribution in [2.24, 2.45) is 0 Å². The Hall–Kier alpha value is -2.09. The minimum absolute atomic E-state index is 0.0475. The lowest BCUT2D eigenvalue weighted by molar-refractivity contribution is 0.0696. The highest BCUT2D eigenvalue weighted by Crippen LogP contribution is 2.30. The van der Waals surface area contributed by atoms with Gasteiger partial charge in [0.1, 0.15) is 6.07 Å². The number of aromatic nitrogens is 1. The minimum atomic E-state index is -1.18. The van der Waals surface area contributed by atoms with E-state index in [1.807, 2.05) is 6.07 Å². The number of carboxylic acid groups (broad SMARTS) is 1. The molecule has 6 heteroatoms. The summed E-state index contributed by atoms with van der Waals surface area (Å²) in [6.45, 7) is 1.58. The van der Waals surface area contributed by atoms with Crippen molar-refractivity contribution in [2.75, 3.05) is 0 Å². The Balaban J connectivity index is 2.71. The van der Waals surface area contributed by atoms with Gasteiger partial charge in [0.25, 0.3) is 0 Å². The van der Waals surface area contributed by atoms with Gasteiger partial charge in [0.15, 0.2) is 0 Å². The van der Waals surface area contributed by atoms with Gasteiger partial charge in [-0.15, -0.1) is 0 Å². The first kappa shape index (κ1) is 14.3. The van der Waals surface area contributed by atoms with Gasteiger partial charge >= 0.3 is 5.97 Å². The lowest BCUT2D eigenvalue weighted by Gasteiger charge is -2.08. The van der Waals surface area contributed by atoms with E-state index in [4.69, 9.17) is 28.5 Å². The van der Waals surface area contributed by atoms with Crippen LogP contribution in [-0.2, 0) is 0 Å². The maximum Gasteiger partial charge on any atom is 0.337 e. The van der Waals surface area contributed by atoms with Crippen molar-refractivity contribution >= 4 is 29.2 Å². The summed E-state index contributed by atoms with van der Waals surface area (Å²) in [4.78, 5) is 15.5. The Kier molecular flexibility index (Phi) is 3.93. The predicted molar refractivity (Wildman–Crippen MR) is 76.1 cm³/mol. The molecule has 0 aliphatic carbocycles. The average Bonchev–Trinajstić information content (AvgIpc) is 2.37. The van der Waals surface area contributed by atoms with Crippen LogP contribution in [0.5, 0.6) is 0 Å². The monoisotopic (exact) mass is 306 g/mol. The van der Waals surface area contributed by atoms with Crippen molar-refractivity contribution in [3.8, 4) is 17.3 Å². The number of carboxylic acids is 1. The molecule has 0 spiro atoms. The zero-order chi connectivity index (χ0) is 14.9. The fraction of sp³-hybridized carbons (Fsp3) is 0.0714. The molecule has 0 bridgehead atoms. The molecule has 0 atom stereocenters. The standard InChI is InChI=1S/C14H8Cl2N2O2/c1-7-11(6-17)10(14(19)20)5-13(18-7)9-3-2-8(15)4-12(9)16/h2-5H,1H3,(H,19,20). The second-order valence-corrected chi connectivity index (χ2v) is 4.90. The van der Waals surface area contributed by atoms with Gasteiger partial charge in [0.05, 0.1) is 27.5 Å². The first-order valence-electron chi connectivity index (χ1n) is 5.54. The molecule has 0 saturated heterocycles. The normalized spacial score (nSPS) is 10.1. The van der Waals surface area contributed by atoms with Crippen molar-refractivity contribution in [3.63, 3.8) is 0 Å². The van der Waals surface area contributed by atoms with Crippen LogP contribution >= 0.6 is 23.2 Å². The topological polar surface area (TPSA) is 74.0 Å². The second kappa shape index (κ2) is 5.49. The SMILES string of the molecule is Cc1nc(-c2ccc(Cl)cc2Cl)cc(C(=O)O)c1C#N. The zero-order valence-corrected chi connectivity index (χ0v) is 11.8. The van der Waals surface area contributed by atoms with Crippen molar-refractivity contribution in [2.45, 2.75) is 6.92 Å². The van der Waals surface area contributed by atoms with Crippen LogP contribution in [0, 0.1) is 18.3 Å². The number of benzene rings is 1. The summed E-state index contributed by atoms with van der Waals surface area (Å²) in [6.07, 6.45) is 0. The molecule has 20 heavy (non-hydrogen) atoms. The number of rotatable bonds is 2. The van der Waals surface area contributed by atoms with Gasteiger partial charge in [-0.25, -0.2) is 4.79 Å². The number of halogens is 2. The van der Waals surface area contributed by atoms with E-state index in [9.17, 15) is 9.90 Å². The van der Waals surface area contributed by atoms with Gasteiger partial charge in [0, 0.05) is 10.6 Å². The van der Waals surface area contributed by atoms with Crippen molar-refractivity contribution in [1.29, 1.82) is 5.26 Å². The number of aromatic carboxylic acids is 1. The Morgan fingerprint density at radius 1 is 1.35 bits per heavy atom. The zero-order valence-electron chi connectivity index (χ0n) is 10.3. The Morgan fingerprint density at radius 3 is 2.60 bits per heavy atom. The molecule has 2 aromatic rings. The molecular formula is C14H8Cl2N2O2. The van der Waals surface area contributed by atoms with Crippen LogP contribution in [-0.4, -0.2) is 16.1 Å². The minimum Gasteiger partial charge on any atom is -0.478 e. The first-order valence-corrected chi connectivity index (χ1v) is 6.30. The van der Waals surface area contributed by atoms with Crippen LogP contribution in [0.1, 0.15) is 21.6 Å². The Labute approximate surface area is 125 Å². The van der Waals surface area contributed by atoms with Crippen LogP contribution in [0.3, 0.4) is 0 Å². The number of hydrogen-bond donors (Lipinski definition) is 1. The van der Waals surface area contributed by atoms with E-state index in [1.54, 1.807) is 25.1 Å². The third-order valence-corrected chi connectivity index (χ3v) is 3.30. The summed E-state index contributed by atoms with van der Waals surface area (Å²) in [7, 11) is 0. The van der Waals surface area contributed by atoms with Gasteiger partial charge in [-0.3, -0.25) is 4.98 Å². The number of hydrogen-bond acceptors (Lipinski definition) is 3. The largest absolute Gasteiger partial charge is 0.478 e.